The van der Waals surface area contributed by atoms with Gasteiger partial charge in [-0.2, -0.15) is 0 Å². The summed E-state index contributed by atoms with van der Waals surface area (Å²) in [4.78, 5) is 4.05. The largest absolute Gasteiger partial charge is 0.441 e. The molecule has 0 aromatic carbocycles. The molecule has 13 heavy (non-hydrogen) atoms. The molecule has 0 aliphatic carbocycles. The van der Waals surface area contributed by atoms with E-state index in [2.05, 4.69) is 4.98 Å². The van der Waals surface area contributed by atoms with E-state index in [1.165, 1.54) is 0 Å². The van der Waals surface area contributed by atoms with Crippen molar-refractivity contribution in [3.63, 3.8) is 0 Å². The molecule has 0 amide bonds. The van der Waals surface area contributed by atoms with Gasteiger partial charge in [0.1, 0.15) is 5.60 Å². The van der Waals surface area contributed by atoms with Crippen molar-refractivity contribution in [2.24, 2.45) is 5.73 Å². The molecule has 1 aliphatic heterocycles. The molecule has 0 bridgehead atoms. The number of aromatic nitrogens is 1. The lowest BCUT2D eigenvalue weighted by Gasteiger charge is -2.19. The Morgan fingerprint density at radius 2 is 2.54 bits per heavy atom. The molecule has 4 nitrogen and oxygen atoms in total. The van der Waals surface area contributed by atoms with Crippen LogP contribution >= 0.6 is 0 Å². The Balaban J connectivity index is 2.23. The van der Waals surface area contributed by atoms with Crippen LogP contribution in [-0.2, 0) is 16.9 Å². The van der Waals surface area contributed by atoms with Crippen molar-refractivity contribution in [3.05, 3.63) is 17.8 Å². The maximum absolute atomic E-state index is 5.61. The quantitative estimate of drug-likeness (QED) is 0.745. The summed E-state index contributed by atoms with van der Waals surface area (Å²) in [7, 11) is 0. The van der Waals surface area contributed by atoms with E-state index in [4.69, 9.17) is 14.9 Å². The third-order valence-electron chi connectivity index (χ3n) is 2.47. The summed E-state index contributed by atoms with van der Waals surface area (Å²) >= 11 is 0. The van der Waals surface area contributed by atoms with Crippen LogP contribution in [0.2, 0.25) is 0 Å². The van der Waals surface area contributed by atoms with Crippen molar-refractivity contribution >= 4 is 0 Å². The zero-order valence-electron chi connectivity index (χ0n) is 7.75. The van der Waals surface area contributed by atoms with E-state index >= 15 is 0 Å². The second-order valence-electron chi connectivity index (χ2n) is 3.51. The van der Waals surface area contributed by atoms with Gasteiger partial charge in [0.2, 0.25) is 5.89 Å². The molecule has 72 valence electrons. The van der Waals surface area contributed by atoms with Gasteiger partial charge in [0.15, 0.2) is 5.76 Å². The number of hydrogen-bond acceptors (Lipinski definition) is 4. The highest BCUT2D eigenvalue weighted by molar-refractivity contribution is 5.06. The van der Waals surface area contributed by atoms with Crippen molar-refractivity contribution in [2.75, 3.05) is 6.61 Å². The average Bonchev–Trinajstić information content (AvgIpc) is 2.72. The molecule has 1 aromatic heterocycles. The van der Waals surface area contributed by atoms with Crippen molar-refractivity contribution in [2.45, 2.75) is 31.9 Å². The van der Waals surface area contributed by atoms with Gasteiger partial charge in [0.05, 0.1) is 12.7 Å². The van der Waals surface area contributed by atoms with E-state index in [1.54, 1.807) is 6.20 Å². The van der Waals surface area contributed by atoms with E-state index in [1.807, 2.05) is 6.92 Å². The Bertz CT molecular complexity index is 290. The van der Waals surface area contributed by atoms with Crippen molar-refractivity contribution < 1.29 is 9.15 Å². The summed E-state index contributed by atoms with van der Waals surface area (Å²) in [6.45, 7) is 3.17. The molecular formula is C9H14N2O2. The Morgan fingerprint density at radius 3 is 3.08 bits per heavy atom. The number of ether oxygens (including phenoxy) is 1. The van der Waals surface area contributed by atoms with Crippen LogP contribution < -0.4 is 5.73 Å². The Hall–Kier alpha value is -0.870. The fraction of sp³-hybridized carbons (Fsp3) is 0.667. The average molecular weight is 182 g/mol. The van der Waals surface area contributed by atoms with E-state index in [0.29, 0.717) is 12.4 Å². The minimum absolute atomic E-state index is 0.277. The number of nitrogens with two attached hydrogens (primary N) is 1. The van der Waals surface area contributed by atoms with E-state index in [-0.39, 0.29) is 5.60 Å². The third kappa shape index (κ3) is 1.47. The molecule has 2 N–H and O–H groups in total. The van der Waals surface area contributed by atoms with Gasteiger partial charge in [-0.1, -0.05) is 0 Å². The highest BCUT2D eigenvalue weighted by atomic mass is 16.5. The second kappa shape index (κ2) is 3.12. The number of rotatable bonds is 2. The zero-order chi connectivity index (χ0) is 9.31. The van der Waals surface area contributed by atoms with Crippen LogP contribution in [-0.4, -0.2) is 11.6 Å². The molecule has 1 unspecified atom stereocenters. The van der Waals surface area contributed by atoms with Crippen LogP contribution in [0.15, 0.2) is 10.6 Å². The predicted octanol–water partition coefficient (Wildman–Crippen LogP) is 1.16. The molecule has 1 saturated heterocycles. The van der Waals surface area contributed by atoms with Crippen molar-refractivity contribution in [1.82, 2.24) is 4.98 Å². The predicted molar refractivity (Wildman–Crippen MR) is 46.9 cm³/mol. The lowest BCUT2D eigenvalue weighted by atomic mass is 10.0. The number of oxazole rings is 1. The fourth-order valence-electron chi connectivity index (χ4n) is 1.62. The minimum Gasteiger partial charge on any atom is -0.441 e. The monoisotopic (exact) mass is 182 g/mol. The van der Waals surface area contributed by atoms with Gasteiger partial charge in [-0.25, -0.2) is 4.98 Å². The fourth-order valence-corrected chi connectivity index (χ4v) is 1.62. The maximum Gasteiger partial charge on any atom is 0.208 e. The lowest BCUT2D eigenvalue weighted by Crippen LogP contribution is -2.18. The Kier molecular flexibility index (Phi) is 2.09. The van der Waals surface area contributed by atoms with Gasteiger partial charge in [0.25, 0.3) is 0 Å². The van der Waals surface area contributed by atoms with Crippen molar-refractivity contribution in [1.29, 1.82) is 0 Å². The van der Waals surface area contributed by atoms with Gasteiger partial charge >= 0.3 is 0 Å². The smallest absolute Gasteiger partial charge is 0.208 e. The van der Waals surface area contributed by atoms with Crippen LogP contribution in [0.4, 0.5) is 0 Å². The first-order valence-corrected chi connectivity index (χ1v) is 4.54. The molecule has 0 saturated carbocycles. The number of hydrogen-bond donors (Lipinski definition) is 1. The molecule has 2 heterocycles. The summed E-state index contributed by atoms with van der Waals surface area (Å²) in [5.74, 6) is 1.37. The standard InChI is InChI=1S/C9H14N2O2/c1-9(3-2-4-12-9)7-6-11-8(5-10)13-7/h6H,2-5,10H2,1H3. The molecule has 0 radical (unpaired) electrons. The molecule has 1 aliphatic rings. The van der Waals surface area contributed by atoms with Gasteiger partial charge < -0.3 is 14.9 Å². The highest BCUT2D eigenvalue weighted by Crippen LogP contribution is 2.35. The topological polar surface area (TPSA) is 61.3 Å². The third-order valence-corrected chi connectivity index (χ3v) is 2.47. The number of nitrogens with zero attached hydrogens (tertiary/aromatic N) is 1. The molecule has 2 rings (SSSR count). The summed E-state index contributed by atoms with van der Waals surface area (Å²) in [5, 5.41) is 0. The summed E-state index contributed by atoms with van der Waals surface area (Å²) in [6.07, 6.45) is 3.79. The van der Waals surface area contributed by atoms with Gasteiger partial charge in [-0.15, -0.1) is 0 Å². The van der Waals surface area contributed by atoms with Crippen LogP contribution in [0.3, 0.4) is 0 Å². The maximum atomic E-state index is 5.61. The Labute approximate surface area is 77.1 Å². The molecule has 1 fully saturated rings. The van der Waals surface area contributed by atoms with Gasteiger partial charge in [-0.05, 0) is 19.8 Å². The van der Waals surface area contributed by atoms with Crippen LogP contribution in [0.25, 0.3) is 0 Å². The van der Waals surface area contributed by atoms with E-state index in [0.717, 1.165) is 25.2 Å². The zero-order valence-corrected chi connectivity index (χ0v) is 7.75. The van der Waals surface area contributed by atoms with Crippen molar-refractivity contribution in [3.8, 4) is 0 Å². The first-order valence-electron chi connectivity index (χ1n) is 4.54. The Morgan fingerprint density at radius 1 is 1.69 bits per heavy atom. The van der Waals surface area contributed by atoms with Crippen LogP contribution in [0.1, 0.15) is 31.4 Å². The molecule has 0 spiro atoms. The second-order valence-corrected chi connectivity index (χ2v) is 3.51. The van der Waals surface area contributed by atoms with E-state index in [9.17, 15) is 0 Å². The van der Waals surface area contributed by atoms with Crippen LogP contribution in [0, 0.1) is 0 Å². The lowest BCUT2D eigenvalue weighted by molar-refractivity contribution is -0.00161. The van der Waals surface area contributed by atoms with Gasteiger partial charge in [0, 0.05) is 6.61 Å². The SMILES string of the molecule is CC1(c2cnc(CN)o2)CCCO1. The summed E-state index contributed by atoms with van der Waals surface area (Å²) in [6, 6.07) is 0. The summed E-state index contributed by atoms with van der Waals surface area (Å²) in [5.41, 5.74) is 5.13. The molecule has 1 atom stereocenters. The first kappa shape index (κ1) is 8.72. The van der Waals surface area contributed by atoms with Crippen LogP contribution in [0.5, 0.6) is 0 Å². The molecule has 4 heteroatoms. The highest BCUT2D eigenvalue weighted by Gasteiger charge is 2.35. The normalized spacial score (nSPS) is 28.2. The summed E-state index contributed by atoms with van der Waals surface area (Å²) < 4.78 is 11.1. The van der Waals surface area contributed by atoms with E-state index < -0.39 is 0 Å². The molecule has 1 aromatic rings. The van der Waals surface area contributed by atoms with Gasteiger partial charge in [-0.3, -0.25) is 0 Å². The minimum atomic E-state index is -0.277. The molecular weight excluding hydrogens is 168 g/mol. The first-order chi connectivity index (χ1) is 6.24.